The second-order valence-corrected chi connectivity index (χ2v) is 7.41. The van der Waals surface area contributed by atoms with E-state index in [1.165, 1.54) is 0 Å². The second-order valence-electron chi connectivity index (χ2n) is 6.57. The third-order valence-corrected chi connectivity index (χ3v) is 5.22. The first-order valence-corrected chi connectivity index (χ1v) is 9.56. The fraction of sp³-hybridized carbons (Fsp3) is 0.350. The lowest BCUT2D eigenvalue weighted by molar-refractivity contribution is -0.256. The lowest BCUT2D eigenvalue weighted by atomic mass is 10.0. The van der Waals surface area contributed by atoms with Crippen LogP contribution in [0.25, 0.3) is 0 Å². The van der Waals surface area contributed by atoms with Gasteiger partial charge in [0.2, 0.25) is 0 Å². The fourth-order valence-electron chi connectivity index (χ4n) is 3.42. The highest BCUT2D eigenvalue weighted by atomic mass is 35.5. The zero-order valence-corrected chi connectivity index (χ0v) is 16.3. The van der Waals surface area contributed by atoms with Gasteiger partial charge in [0.1, 0.15) is 12.4 Å². The molecular formula is C20H19Cl2NO4. The minimum absolute atomic E-state index is 0.214. The number of rotatable bonds is 4. The molecule has 1 saturated heterocycles. The van der Waals surface area contributed by atoms with Crippen LogP contribution < -0.4 is 9.64 Å². The maximum absolute atomic E-state index is 13.2. The van der Waals surface area contributed by atoms with Crippen LogP contribution in [0.2, 0.25) is 10.0 Å². The van der Waals surface area contributed by atoms with E-state index in [1.54, 1.807) is 23.1 Å². The SMILES string of the molecule is Cc1ccc2c(c1)C1(OCCCO1)C(=O)N2CCOc1ccc(Cl)cc1Cl. The highest BCUT2D eigenvalue weighted by molar-refractivity contribution is 6.35. The first-order valence-electron chi connectivity index (χ1n) is 8.80. The van der Waals surface area contributed by atoms with Crippen molar-refractivity contribution in [1.29, 1.82) is 0 Å². The van der Waals surface area contributed by atoms with E-state index < -0.39 is 5.79 Å². The van der Waals surface area contributed by atoms with Gasteiger partial charge in [-0.2, -0.15) is 0 Å². The Morgan fingerprint density at radius 2 is 1.93 bits per heavy atom. The summed E-state index contributed by atoms with van der Waals surface area (Å²) in [6.45, 7) is 3.59. The van der Waals surface area contributed by atoms with Crippen LogP contribution in [-0.2, 0) is 20.1 Å². The van der Waals surface area contributed by atoms with Gasteiger partial charge in [-0.1, -0.05) is 34.8 Å². The normalized spacial score (nSPS) is 18.0. The number of carbonyl (C=O) groups is 1. The van der Waals surface area contributed by atoms with Crippen LogP contribution in [0.5, 0.6) is 5.75 Å². The molecule has 2 aliphatic heterocycles. The lowest BCUT2D eigenvalue weighted by Crippen LogP contribution is -2.48. The highest BCUT2D eigenvalue weighted by Gasteiger charge is 2.54. The topological polar surface area (TPSA) is 48.0 Å². The molecule has 0 N–H and O–H groups in total. The zero-order chi connectivity index (χ0) is 19.0. The Bertz CT molecular complexity index is 880. The number of amides is 1. The molecule has 0 radical (unpaired) electrons. The number of nitrogens with zero attached hydrogens (tertiary/aromatic N) is 1. The molecule has 0 unspecified atom stereocenters. The van der Waals surface area contributed by atoms with Gasteiger partial charge in [0.25, 0.3) is 11.7 Å². The molecule has 2 aromatic rings. The van der Waals surface area contributed by atoms with Crippen LogP contribution in [0.4, 0.5) is 5.69 Å². The Labute approximate surface area is 167 Å². The number of benzene rings is 2. The third kappa shape index (κ3) is 3.29. The summed E-state index contributed by atoms with van der Waals surface area (Å²) in [6.07, 6.45) is 0.772. The highest BCUT2D eigenvalue weighted by Crippen LogP contribution is 2.45. The van der Waals surface area contributed by atoms with E-state index in [4.69, 9.17) is 37.4 Å². The summed E-state index contributed by atoms with van der Waals surface area (Å²) < 4.78 is 17.5. The average Bonchev–Trinajstić information content (AvgIpc) is 2.86. The van der Waals surface area contributed by atoms with Crippen molar-refractivity contribution >= 4 is 34.8 Å². The average molecular weight is 408 g/mol. The van der Waals surface area contributed by atoms with Gasteiger partial charge in [-0.25, -0.2) is 0 Å². The first-order chi connectivity index (χ1) is 13.0. The van der Waals surface area contributed by atoms with E-state index in [0.29, 0.717) is 35.6 Å². The van der Waals surface area contributed by atoms with Gasteiger partial charge in [-0.15, -0.1) is 0 Å². The summed E-state index contributed by atoms with van der Waals surface area (Å²) in [5, 5.41) is 0.974. The number of halogens is 2. The summed E-state index contributed by atoms with van der Waals surface area (Å²) in [4.78, 5) is 14.8. The minimum atomic E-state index is -1.34. The van der Waals surface area contributed by atoms with Crippen molar-refractivity contribution in [2.45, 2.75) is 19.1 Å². The molecule has 0 saturated carbocycles. The van der Waals surface area contributed by atoms with Gasteiger partial charge < -0.3 is 19.1 Å². The van der Waals surface area contributed by atoms with Crippen LogP contribution in [-0.4, -0.2) is 32.3 Å². The summed E-state index contributed by atoms with van der Waals surface area (Å²) >= 11 is 12.0. The molecule has 5 nitrogen and oxygen atoms in total. The first kappa shape index (κ1) is 18.6. The summed E-state index contributed by atoms with van der Waals surface area (Å²) in [5.74, 6) is -1.03. The molecule has 7 heteroatoms. The molecule has 142 valence electrons. The van der Waals surface area contributed by atoms with Gasteiger partial charge in [0, 0.05) is 10.6 Å². The monoisotopic (exact) mass is 407 g/mol. The smallest absolute Gasteiger partial charge is 0.292 e. The van der Waals surface area contributed by atoms with Gasteiger partial charge in [0.15, 0.2) is 0 Å². The lowest BCUT2D eigenvalue weighted by Gasteiger charge is -2.32. The number of hydrogen-bond acceptors (Lipinski definition) is 4. The second kappa shape index (κ2) is 7.32. The van der Waals surface area contributed by atoms with Crippen molar-refractivity contribution in [2.75, 3.05) is 31.3 Å². The van der Waals surface area contributed by atoms with Crippen LogP contribution in [0.3, 0.4) is 0 Å². The van der Waals surface area contributed by atoms with E-state index in [0.717, 1.165) is 23.2 Å². The van der Waals surface area contributed by atoms with Gasteiger partial charge in [-0.05, 0) is 43.7 Å². The van der Waals surface area contributed by atoms with Crippen molar-refractivity contribution < 1.29 is 19.0 Å². The largest absolute Gasteiger partial charge is 0.490 e. The van der Waals surface area contributed by atoms with Crippen molar-refractivity contribution in [3.8, 4) is 5.75 Å². The number of carbonyl (C=O) groups excluding carboxylic acids is 1. The maximum Gasteiger partial charge on any atom is 0.292 e. The predicted molar refractivity (Wildman–Crippen MR) is 104 cm³/mol. The fourth-order valence-corrected chi connectivity index (χ4v) is 3.89. The van der Waals surface area contributed by atoms with E-state index in [-0.39, 0.29) is 12.5 Å². The predicted octanol–water partition coefficient (Wildman–Crippen LogP) is 4.32. The third-order valence-electron chi connectivity index (χ3n) is 4.69. The zero-order valence-electron chi connectivity index (χ0n) is 14.8. The number of aryl methyl sites for hydroxylation is 1. The van der Waals surface area contributed by atoms with Crippen molar-refractivity contribution in [3.63, 3.8) is 0 Å². The molecule has 2 heterocycles. The Morgan fingerprint density at radius 3 is 2.67 bits per heavy atom. The maximum atomic E-state index is 13.2. The van der Waals surface area contributed by atoms with E-state index in [1.807, 2.05) is 25.1 Å². The number of ether oxygens (including phenoxy) is 3. The summed E-state index contributed by atoms with van der Waals surface area (Å²) in [7, 11) is 0. The van der Waals surface area contributed by atoms with Crippen molar-refractivity contribution in [1.82, 2.24) is 0 Å². The molecule has 0 aromatic heterocycles. The molecular weight excluding hydrogens is 389 g/mol. The van der Waals surface area contributed by atoms with Crippen LogP contribution >= 0.6 is 23.2 Å². The molecule has 1 fully saturated rings. The van der Waals surface area contributed by atoms with Crippen LogP contribution in [0.1, 0.15) is 17.5 Å². The quantitative estimate of drug-likeness (QED) is 0.756. The van der Waals surface area contributed by atoms with E-state index in [9.17, 15) is 4.79 Å². The molecule has 4 rings (SSSR count). The Kier molecular flexibility index (Phi) is 5.03. The van der Waals surface area contributed by atoms with Gasteiger partial charge in [-0.3, -0.25) is 4.79 Å². The molecule has 2 aromatic carbocycles. The molecule has 0 bridgehead atoms. The molecule has 27 heavy (non-hydrogen) atoms. The molecule has 0 atom stereocenters. The van der Waals surface area contributed by atoms with E-state index in [2.05, 4.69) is 0 Å². The van der Waals surface area contributed by atoms with Crippen LogP contribution in [0, 0.1) is 6.92 Å². The minimum Gasteiger partial charge on any atom is -0.490 e. The van der Waals surface area contributed by atoms with Crippen molar-refractivity contribution in [2.24, 2.45) is 0 Å². The summed E-state index contributed by atoms with van der Waals surface area (Å²) in [6, 6.07) is 10.9. The molecule has 0 aliphatic carbocycles. The number of anilines is 1. The van der Waals surface area contributed by atoms with Crippen molar-refractivity contribution in [3.05, 3.63) is 57.6 Å². The number of fused-ring (bicyclic) bond motifs is 2. The number of hydrogen-bond donors (Lipinski definition) is 0. The van der Waals surface area contributed by atoms with Gasteiger partial charge in [0.05, 0.1) is 30.5 Å². The summed E-state index contributed by atoms with van der Waals surface area (Å²) in [5.41, 5.74) is 2.60. The Morgan fingerprint density at radius 1 is 1.15 bits per heavy atom. The van der Waals surface area contributed by atoms with E-state index >= 15 is 0 Å². The standard InChI is InChI=1S/C20H19Cl2NO4/c1-13-3-5-17-15(11-13)20(26-8-2-9-27-20)19(24)23(17)7-10-25-18-6-4-14(21)12-16(18)22/h3-6,11-12H,2,7-10H2,1H3. The molecule has 2 aliphatic rings. The Balaban J connectivity index is 1.55. The van der Waals surface area contributed by atoms with Gasteiger partial charge >= 0.3 is 0 Å². The molecule has 1 spiro atoms. The Hall–Kier alpha value is -1.79. The van der Waals surface area contributed by atoms with Crippen LogP contribution in [0.15, 0.2) is 36.4 Å². The molecule has 1 amide bonds.